The topological polar surface area (TPSA) is 38.3 Å². The first-order chi connectivity index (χ1) is 15.6. The normalized spacial score (nSPS) is 11.6. The van der Waals surface area contributed by atoms with Crippen LogP contribution in [0.5, 0.6) is 5.75 Å². The van der Waals surface area contributed by atoms with Gasteiger partial charge in [0, 0.05) is 16.1 Å². The highest BCUT2D eigenvalue weighted by Crippen LogP contribution is 2.26. The average molecular weight is 442 g/mol. The molecule has 1 atom stereocenters. The molecule has 4 aromatic carbocycles. The lowest BCUT2D eigenvalue weighted by Gasteiger charge is -2.22. The largest absolute Gasteiger partial charge is 0.489 e. The van der Waals surface area contributed by atoms with E-state index in [4.69, 9.17) is 16.3 Å². The molecule has 160 valence electrons. The molecule has 4 aromatic rings. The number of hydrogen-bond acceptors (Lipinski definition) is 2. The van der Waals surface area contributed by atoms with Crippen molar-refractivity contribution >= 4 is 17.5 Å². The van der Waals surface area contributed by atoms with E-state index in [-0.39, 0.29) is 11.9 Å². The predicted molar refractivity (Wildman–Crippen MR) is 129 cm³/mol. The highest BCUT2D eigenvalue weighted by atomic mass is 35.5. The zero-order valence-corrected chi connectivity index (χ0v) is 18.5. The third-order valence-corrected chi connectivity index (χ3v) is 5.72. The Balaban J connectivity index is 1.54. The SMILES string of the molecule is Cc1ccccc1[C@H](NC(=O)c1cccc(OCc2ccccc2Cl)c1)c1ccccc1. The summed E-state index contributed by atoms with van der Waals surface area (Å²) in [6.07, 6.45) is 0. The van der Waals surface area contributed by atoms with Gasteiger partial charge in [-0.1, -0.05) is 90.5 Å². The molecule has 0 radical (unpaired) electrons. The molecule has 0 unspecified atom stereocenters. The molecule has 0 fully saturated rings. The van der Waals surface area contributed by atoms with Crippen molar-refractivity contribution in [2.75, 3.05) is 0 Å². The number of ether oxygens (including phenoxy) is 1. The van der Waals surface area contributed by atoms with Gasteiger partial charge in [0.2, 0.25) is 0 Å². The summed E-state index contributed by atoms with van der Waals surface area (Å²) in [4.78, 5) is 13.2. The first-order valence-corrected chi connectivity index (χ1v) is 10.9. The number of benzene rings is 4. The Labute approximate surface area is 193 Å². The quantitative estimate of drug-likeness (QED) is 0.344. The molecule has 0 saturated heterocycles. The molecule has 0 aliphatic rings. The summed E-state index contributed by atoms with van der Waals surface area (Å²) in [5.41, 5.74) is 4.65. The molecule has 4 heteroatoms. The predicted octanol–water partition coefficient (Wildman–Crippen LogP) is 6.75. The maximum absolute atomic E-state index is 13.2. The lowest BCUT2D eigenvalue weighted by Crippen LogP contribution is -2.29. The summed E-state index contributed by atoms with van der Waals surface area (Å²) in [5, 5.41) is 3.86. The minimum absolute atomic E-state index is 0.162. The van der Waals surface area contributed by atoms with Gasteiger partial charge >= 0.3 is 0 Å². The second-order valence-electron chi connectivity index (χ2n) is 7.58. The van der Waals surface area contributed by atoms with Crippen LogP contribution in [0.1, 0.15) is 38.7 Å². The first-order valence-electron chi connectivity index (χ1n) is 10.5. The number of hydrogen-bond donors (Lipinski definition) is 1. The van der Waals surface area contributed by atoms with Crippen molar-refractivity contribution in [1.82, 2.24) is 5.32 Å². The van der Waals surface area contributed by atoms with E-state index in [0.717, 1.165) is 22.3 Å². The van der Waals surface area contributed by atoms with E-state index >= 15 is 0 Å². The van der Waals surface area contributed by atoms with Crippen LogP contribution in [0.25, 0.3) is 0 Å². The Bertz CT molecular complexity index is 1210. The molecule has 3 nitrogen and oxygen atoms in total. The van der Waals surface area contributed by atoms with Gasteiger partial charge in [0.05, 0.1) is 6.04 Å². The van der Waals surface area contributed by atoms with Crippen LogP contribution in [0, 0.1) is 6.92 Å². The van der Waals surface area contributed by atoms with E-state index in [1.807, 2.05) is 78.9 Å². The number of carbonyl (C=O) groups excluding carboxylic acids is 1. The van der Waals surface area contributed by atoms with Crippen molar-refractivity contribution in [2.45, 2.75) is 19.6 Å². The van der Waals surface area contributed by atoms with Gasteiger partial charge in [0.1, 0.15) is 12.4 Å². The fourth-order valence-corrected chi connectivity index (χ4v) is 3.81. The van der Waals surface area contributed by atoms with Gasteiger partial charge in [-0.3, -0.25) is 4.79 Å². The Morgan fingerprint density at radius 2 is 1.59 bits per heavy atom. The minimum atomic E-state index is -0.252. The molecule has 4 rings (SSSR count). The van der Waals surface area contributed by atoms with Gasteiger partial charge < -0.3 is 10.1 Å². The van der Waals surface area contributed by atoms with Crippen LogP contribution in [-0.2, 0) is 6.61 Å². The van der Waals surface area contributed by atoms with E-state index in [1.165, 1.54) is 0 Å². The molecule has 32 heavy (non-hydrogen) atoms. The summed E-state index contributed by atoms with van der Waals surface area (Å²) in [7, 11) is 0. The van der Waals surface area contributed by atoms with E-state index in [9.17, 15) is 4.79 Å². The molecule has 0 aromatic heterocycles. The summed E-state index contributed by atoms with van der Waals surface area (Å²) < 4.78 is 5.89. The lowest BCUT2D eigenvalue weighted by molar-refractivity contribution is 0.0942. The monoisotopic (exact) mass is 441 g/mol. The fourth-order valence-electron chi connectivity index (χ4n) is 3.61. The second-order valence-corrected chi connectivity index (χ2v) is 7.99. The van der Waals surface area contributed by atoms with Crippen molar-refractivity contribution in [2.24, 2.45) is 0 Å². The molecule has 0 saturated carbocycles. The van der Waals surface area contributed by atoms with Gasteiger partial charge in [-0.05, 0) is 47.9 Å². The van der Waals surface area contributed by atoms with Crippen LogP contribution in [0.3, 0.4) is 0 Å². The zero-order chi connectivity index (χ0) is 22.3. The molecular formula is C28H24ClNO2. The van der Waals surface area contributed by atoms with Gasteiger partial charge in [-0.2, -0.15) is 0 Å². The van der Waals surface area contributed by atoms with Crippen LogP contribution in [0.15, 0.2) is 103 Å². The lowest BCUT2D eigenvalue weighted by atomic mass is 9.94. The standard InChI is InChI=1S/C28H24ClNO2/c1-20-10-5-7-16-25(20)27(21-11-3-2-4-12-21)30-28(31)22-14-9-15-24(18-22)32-19-23-13-6-8-17-26(23)29/h2-18,27H,19H2,1H3,(H,30,31)/t27-/m1/s1. The number of nitrogens with one attached hydrogen (secondary N) is 1. The van der Waals surface area contributed by atoms with Gasteiger partial charge in [-0.25, -0.2) is 0 Å². The van der Waals surface area contributed by atoms with E-state index in [0.29, 0.717) is 22.9 Å². The smallest absolute Gasteiger partial charge is 0.252 e. The molecule has 0 heterocycles. The molecule has 0 aliphatic carbocycles. The van der Waals surface area contributed by atoms with Crippen molar-refractivity contribution in [3.63, 3.8) is 0 Å². The third-order valence-electron chi connectivity index (χ3n) is 5.36. The molecule has 1 N–H and O–H groups in total. The number of rotatable bonds is 7. The van der Waals surface area contributed by atoms with Crippen molar-refractivity contribution in [3.05, 3.63) is 136 Å². The zero-order valence-electron chi connectivity index (χ0n) is 17.8. The van der Waals surface area contributed by atoms with Crippen LogP contribution in [0.2, 0.25) is 5.02 Å². The Morgan fingerprint density at radius 1 is 0.875 bits per heavy atom. The Morgan fingerprint density at radius 3 is 2.38 bits per heavy atom. The summed E-state index contributed by atoms with van der Waals surface area (Å²) in [5.74, 6) is 0.454. The summed E-state index contributed by atoms with van der Waals surface area (Å²) in [6.45, 7) is 2.39. The Kier molecular flexibility index (Phi) is 6.88. The van der Waals surface area contributed by atoms with Crippen molar-refractivity contribution in [1.29, 1.82) is 0 Å². The highest BCUT2D eigenvalue weighted by molar-refractivity contribution is 6.31. The average Bonchev–Trinajstić information content (AvgIpc) is 2.83. The summed E-state index contributed by atoms with van der Waals surface area (Å²) >= 11 is 6.21. The fraction of sp³-hybridized carbons (Fsp3) is 0.107. The number of carbonyl (C=O) groups is 1. The minimum Gasteiger partial charge on any atom is -0.489 e. The van der Waals surface area contributed by atoms with Gasteiger partial charge in [0.25, 0.3) is 5.91 Å². The molecule has 0 spiro atoms. The van der Waals surface area contributed by atoms with E-state index in [1.54, 1.807) is 12.1 Å². The maximum atomic E-state index is 13.2. The molecule has 0 aliphatic heterocycles. The van der Waals surface area contributed by atoms with Crippen LogP contribution >= 0.6 is 11.6 Å². The maximum Gasteiger partial charge on any atom is 0.252 e. The molecule has 0 bridgehead atoms. The van der Waals surface area contributed by atoms with Crippen LogP contribution in [-0.4, -0.2) is 5.91 Å². The number of halogens is 1. The van der Waals surface area contributed by atoms with Crippen LogP contribution in [0.4, 0.5) is 0 Å². The van der Waals surface area contributed by atoms with E-state index < -0.39 is 0 Å². The van der Waals surface area contributed by atoms with Crippen molar-refractivity contribution in [3.8, 4) is 5.75 Å². The number of amides is 1. The van der Waals surface area contributed by atoms with Crippen LogP contribution < -0.4 is 10.1 Å². The highest BCUT2D eigenvalue weighted by Gasteiger charge is 2.19. The van der Waals surface area contributed by atoms with Gasteiger partial charge in [0.15, 0.2) is 0 Å². The van der Waals surface area contributed by atoms with Crippen molar-refractivity contribution < 1.29 is 9.53 Å². The molecule has 1 amide bonds. The van der Waals surface area contributed by atoms with E-state index in [2.05, 4.69) is 24.4 Å². The third kappa shape index (κ3) is 5.19. The Hall–Kier alpha value is -3.56. The number of aryl methyl sites for hydroxylation is 1. The molecular weight excluding hydrogens is 418 g/mol. The second kappa shape index (κ2) is 10.2. The van der Waals surface area contributed by atoms with Gasteiger partial charge in [-0.15, -0.1) is 0 Å². The first kappa shape index (κ1) is 21.7. The summed E-state index contributed by atoms with van der Waals surface area (Å²) in [6, 6.07) is 32.6.